The standard InChI is InChI=1S/C34H25ClFN3O3S2/c35-28-20-25(16-17-29(28)36)38-34(42)31(22-9-3-1-4-10-22)44-27-14-7-13-24(19-27)37-33(41)30(21-26-15-8-18-43-26)39-32(40)23-11-5-2-6-12-23/h1-21,31H,(H,37,41)(H,38,42)(H,39,40)/b30-21-. The van der Waals surface area contributed by atoms with Gasteiger partial charge in [-0.3, -0.25) is 14.4 Å². The maximum absolute atomic E-state index is 13.7. The number of hydrogen-bond donors (Lipinski definition) is 3. The third-order valence-electron chi connectivity index (χ3n) is 6.23. The first-order valence-electron chi connectivity index (χ1n) is 13.4. The molecule has 44 heavy (non-hydrogen) atoms. The van der Waals surface area contributed by atoms with E-state index in [0.29, 0.717) is 21.8 Å². The minimum Gasteiger partial charge on any atom is -0.325 e. The lowest BCUT2D eigenvalue weighted by molar-refractivity contribution is -0.116. The number of rotatable bonds is 10. The van der Waals surface area contributed by atoms with Gasteiger partial charge in [0.1, 0.15) is 16.8 Å². The van der Waals surface area contributed by atoms with Gasteiger partial charge in [-0.1, -0.05) is 72.3 Å². The van der Waals surface area contributed by atoms with E-state index in [-0.39, 0.29) is 16.6 Å². The van der Waals surface area contributed by atoms with E-state index in [9.17, 15) is 18.8 Å². The van der Waals surface area contributed by atoms with E-state index in [1.807, 2.05) is 53.9 Å². The molecule has 6 nitrogen and oxygen atoms in total. The van der Waals surface area contributed by atoms with E-state index in [4.69, 9.17) is 11.6 Å². The lowest BCUT2D eigenvalue weighted by Crippen LogP contribution is -2.30. The van der Waals surface area contributed by atoms with E-state index < -0.39 is 22.9 Å². The van der Waals surface area contributed by atoms with Crippen molar-refractivity contribution < 1.29 is 18.8 Å². The van der Waals surface area contributed by atoms with Gasteiger partial charge in [0.05, 0.1) is 5.02 Å². The third-order valence-corrected chi connectivity index (χ3v) is 8.59. The fraction of sp³-hybridized carbons (Fsp3) is 0.0294. The summed E-state index contributed by atoms with van der Waals surface area (Å²) in [7, 11) is 0. The Balaban J connectivity index is 1.35. The Morgan fingerprint density at radius 1 is 0.795 bits per heavy atom. The van der Waals surface area contributed by atoms with Crippen LogP contribution < -0.4 is 16.0 Å². The number of amides is 3. The van der Waals surface area contributed by atoms with Crippen LogP contribution in [0.4, 0.5) is 15.8 Å². The number of carbonyl (C=O) groups excluding carboxylic acids is 3. The normalized spacial score (nSPS) is 11.8. The molecule has 0 saturated heterocycles. The predicted octanol–water partition coefficient (Wildman–Crippen LogP) is 8.42. The number of thioether (sulfide) groups is 1. The van der Waals surface area contributed by atoms with Crippen LogP contribution in [0.25, 0.3) is 6.08 Å². The average Bonchev–Trinajstić information content (AvgIpc) is 3.55. The number of benzene rings is 4. The Morgan fingerprint density at radius 2 is 1.52 bits per heavy atom. The zero-order chi connectivity index (χ0) is 30.9. The molecule has 10 heteroatoms. The van der Waals surface area contributed by atoms with Crippen molar-refractivity contribution in [1.29, 1.82) is 0 Å². The molecule has 0 radical (unpaired) electrons. The van der Waals surface area contributed by atoms with Crippen molar-refractivity contribution in [1.82, 2.24) is 5.32 Å². The molecule has 5 rings (SSSR count). The highest BCUT2D eigenvalue weighted by Crippen LogP contribution is 2.37. The average molecular weight is 642 g/mol. The van der Waals surface area contributed by atoms with Crippen molar-refractivity contribution in [2.75, 3.05) is 10.6 Å². The summed E-state index contributed by atoms with van der Waals surface area (Å²) in [5.41, 5.74) is 2.10. The van der Waals surface area contributed by atoms with Gasteiger partial charge in [0.2, 0.25) is 5.91 Å². The van der Waals surface area contributed by atoms with Crippen LogP contribution in [-0.4, -0.2) is 17.7 Å². The number of hydrogen-bond acceptors (Lipinski definition) is 5. The first kappa shape index (κ1) is 30.7. The van der Waals surface area contributed by atoms with Crippen molar-refractivity contribution in [3.8, 4) is 0 Å². The molecule has 1 atom stereocenters. The molecule has 220 valence electrons. The van der Waals surface area contributed by atoms with Crippen LogP contribution in [0.3, 0.4) is 0 Å². The number of thiophene rings is 1. The molecule has 3 N–H and O–H groups in total. The fourth-order valence-electron chi connectivity index (χ4n) is 4.12. The molecule has 0 aliphatic rings. The molecule has 1 unspecified atom stereocenters. The quantitative estimate of drug-likeness (QED) is 0.106. The maximum Gasteiger partial charge on any atom is 0.272 e. The topological polar surface area (TPSA) is 87.3 Å². The number of nitrogens with one attached hydrogen (secondary N) is 3. The van der Waals surface area contributed by atoms with Crippen molar-refractivity contribution in [2.24, 2.45) is 0 Å². The third kappa shape index (κ3) is 8.23. The lowest BCUT2D eigenvalue weighted by Gasteiger charge is -2.18. The summed E-state index contributed by atoms with van der Waals surface area (Å²) >= 11 is 8.63. The van der Waals surface area contributed by atoms with E-state index in [1.54, 1.807) is 54.6 Å². The van der Waals surface area contributed by atoms with Crippen LogP contribution in [0.2, 0.25) is 5.02 Å². The van der Waals surface area contributed by atoms with Crippen LogP contribution >= 0.6 is 34.7 Å². The molecule has 0 aliphatic carbocycles. The predicted molar refractivity (Wildman–Crippen MR) is 176 cm³/mol. The van der Waals surface area contributed by atoms with Gasteiger partial charge in [0, 0.05) is 26.7 Å². The Kier molecular flexibility index (Phi) is 10.2. The Bertz CT molecular complexity index is 1800. The van der Waals surface area contributed by atoms with Gasteiger partial charge >= 0.3 is 0 Å². The van der Waals surface area contributed by atoms with E-state index >= 15 is 0 Å². The smallest absolute Gasteiger partial charge is 0.272 e. The number of halogens is 2. The zero-order valence-corrected chi connectivity index (χ0v) is 25.4. The maximum atomic E-state index is 13.7. The summed E-state index contributed by atoms with van der Waals surface area (Å²) in [5, 5.41) is 9.52. The molecular weight excluding hydrogens is 617 g/mol. The van der Waals surface area contributed by atoms with Gasteiger partial charge in [0.25, 0.3) is 11.8 Å². The van der Waals surface area contributed by atoms with Crippen LogP contribution in [-0.2, 0) is 9.59 Å². The molecule has 1 heterocycles. The highest BCUT2D eigenvalue weighted by Gasteiger charge is 2.23. The van der Waals surface area contributed by atoms with Crippen molar-refractivity contribution in [2.45, 2.75) is 10.1 Å². The molecule has 1 aromatic heterocycles. The highest BCUT2D eigenvalue weighted by atomic mass is 35.5. The Labute approximate surface area is 267 Å². The number of anilines is 2. The fourth-order valence-corrected chi connectivity index (χ4v) is 6.04. The molecule has 5 aromatic rings. The minimum absolute atomic E-state index is 0.0823. The first-order valence-corrected chi connectivity index (χ1v) is 15.5. The van der Waals surface area contributed by atoms with Crippen LogP contribution in [0.15, 0.2) is 131 Å². The van der Waals surface area contributed by atoms with E-state index in [1.165, 1.54) is 41.3 Å². The Hall–Kier alpha value is -4.70. The molecule has 0 spiro atoms. The van der Waals surface area contributed by atoms with Crippen LogP contribution in [0, 0.1) is 5.82 Å². The number of carbonyl (C=O) groups is 3. The molecule has 0 saturated carbocycles. The lowest BCUT2D eigenvalue weighted by atomic mass is 10.1. The van der Waals surface area contributed by atoms with Gasteiger partial charge in [-0.25, -0.2) is 4.39 Å². The second-order valence-electron chi connectivity index (χ2n) is 9.40. The molecule has 0 fully saturated rings. The monoisotopic (exact) mass is 641 g/mol. The summed E-state index contributed by atoms with van der Waals surface area (Å²) < 4.78 is 13.7. The van der Waals surface area contributed by atoms with Crippen LogP contribution in [0.5, 0.6) is 0 Å². The van der Waals surface area contributed by atoms with Gasteiger partial charge < -0.3 is 16.0 Å². The van der Waals surface area contributed by atoms with Crippen LogP contribution in [0.1, 0.15) is 26.0 Å². The highest BCUT2D eigenvalue weighted by molar-refractivity contribution is 8.00. The summed E-state index contributed by atoms with van der Waals surface area (Å²) in [4.78, 5) is 41.3. The Morgan fingerprint density at radius 3 is 2.23 bits per heavy atom. The minimum atomic E-state index is -0.676. The summed E-state index contributed by atoms with van der Waals surface area (Å²) in [6, 6.07) is 32.6. The van der Waals surface area contributed by atoms with Crippen molar-refractivity contribution >= 4 is 69.9 Å². The molecule has 3 amide bonds. The summed E-state index contributed by atoms with van der Waals surface area (Å²) in [6.07, 6.45) is 1.62. The van der Waals surface area contributed by atoms with Crippen molar-refractivity contribution in [3.05, 3.63) is 153 Å². The summed E-state index contributed by atoms with van der Waals surface area (Å²) in [5.74, 6) is -1.82. The molecular formula is C34H25ClFN3O3S2. The first-order chi connectivity index (χ1) is 21.4. The molecule has 0 aliphatic heterocycles. The van der Waals surface area contributed by atoms with E-state index in [0.717, 1.165) is 10.4 Å². The second kappa shape index (κ2) is 14.7. The SMILES string of the molecule is O=C(Nc1cccc(SC(C(=O)Nc2ccc(F)c(Cl)c2)c2ccccc2)c1)/C(=C/c1cccs1)NC(=O)c1ccccc1. The molecule has 0 bridgehead atoms. The van der Waals surface area contributed by atoms with Gasteiger partial charge in [-0.05, 0) is 71.6 Å². The largest absolute Gasteiger partial charge is 0.325 e. The van der Waals surface area contributed by atoms with Crippen molar-refractivity contribution in [3.63, 3.8) is 0 Å². The van der Waals surface area contributed by atoms with Gasteiger partial charge in [0.15, 0.2) is 0 Å². The van der Waals surface area contributed by atoms with Gasteiger partial charge in [-0.15, -0.1) is 23.1 Å². The molecule has 4 aromatic carbocycles. The van der Waals surface area contributed by atoms with E-state index in [2.05, 4.69) is 16.0 Å². The van der Waals surface area contributed by atoms with Gasteiger partial charge in [-0.2, -0.15) is 0 Å². The second-order valence-corrected chi connectivity index (χ2v) is 12.0. The summed E-state index contributed by atoms with van der Waals surface area (Å²) in [6.45, 7) is 0. The zero-order valence-electron chi connectivity index (χ0n) is 23.0.